The molecule has 1 heterocycles. The van der Waals surface area contributed by atoms with Gasteiger partial charge in [-0.3, -0.25) is 0 Å². The molecule has 2 rings (SSSR count). The third kappa shape index (κ3) is 3.72. The highest BCUT2D eigenvalue weighted by Gasteiger charge is 2.21. The van der Waals surface area contributed by atoms with Crippen molar-refractivity contribution >= 4 is 0 Å². The summed E-state index contributed by atoms with van der Waals surface area (Å²) in [5, 5.41) is 8.81. The molecule has 1 aromatic rings. The molecule has 1 aliphatic rings. The Morgan fingerprint density at radius 2 is 2.06 bits per heavy atom. The van der Waals surface area contributed by atoms with Crippen LogP contribution < -0.4 is 4.74 Å². The molecule has 0 bridgehead atoms. The van der Waals surface area contributed by atoms with E-state index in [9.17, 15) is 0 Å². The SMILES string of the molecule is CC1CCC(COc2ccc(CCO)cc2)O1. The van der Waals surface area contributed by atoms with Crippen LogP contribution >= 0.6 is 0 Å². The fourth-order valence-corrected chi connectivity index (χ4v) is 2.08. The number of ether oxygens (including phenoxy) is 2. The minimum absolute atomic E-state index is 0.188. The predicted octanol–water partition coefficient (Wildman–Crippen LogP) is 2.17. The monoisotopic (exact) mass is 236 g/mol. The van der Waals surface area contributed by atoms with E-state index >= 15 is 0 Å². The van der Waals surface area contributed by atoms with Crippen molar-refractivity contribution in [3.05, 3.63) is 29.8 Å². The molecule has 0 aliphatic carbocycles. The summed E-state index contributed by atoms with van der Waals surface area (Å²) in [5.41, 5.74) is 1.13. The molecule has 1 saturated heterocycles. The van der Waals surface area contributed by atoms with Crippen molar-refractivity contribution in [2.75, 3.05) is 13.2 Å². The Labute approximate surface area is 102 Å². The summed E-state index contributed by atoms with van der Waals surface area (Å²) in [6, 6.07) is 7.88. The zero-order valence-corrected chi connectivity index (χ0v) is 10.3. The average molecular weight is 236 g/mol. The normalized spacial score (nSPS) is 23.9. The van der Waals surface area contributed by atoms with E-state index < -0.39 is 0 Å². The fourth-order valence-electron chi connectivity index (χ4n) is 2.08. The molecule has 3 heteroatoms. The first-order valence-corrected chi connectivity index (χ1v) is 6.26. The molecule has 1 N–H and O–H groups in total. The predicted molar refractivity (Wildman–Crippen MR) is 66.3 cm³/mol. The van der Waals surface area contributed by atoms with Crippen molar-refractivity contribution in [3.63, 3.8) is 0 Å². The van der Waals surface area contributed by atoms with Crippen LogP contribution in [-0.4, -0.2) is 30.5 Å². The van der Waals surface area contributed by atoms with E-state index in [0.717, 1.165) is 24.2 Å². The van der Waals surface area contributed by atoms with Gasteiger partial charge in [-0.15, -0.1) is 0 Å². The third-order valence-corrected chi connectivity index (χ3v) is 3.08. The lowest BCUT2D eigenvalue weighted by Gasteiger charge is -2.12. The number of hydrogen-bond donors (Lipinski definition) is 1. The maximum atomic E-state index is 8.81. The minimum Gasteiger partial charge on any atom is -0.491 e. The lowest BCUT2D eigenvalue weighted by molar-refractivity contribution is 0.0264. The number of aliphatic hydroxyl groups is 1. The first kappa shape index (κ1) is 12.4. The Balaban J connectivity index is 1.78. The van der Waals surface area contributed by atoms with E-state index in [2.05, 4.69) is 6.92 Å². The Hall–Kier alpha value is -1.06. The van der Waals surface area contributed by atoms with Crippen LogP contribution in [0.3, 0.4) is 0 Å². The van der Waals surface area contributed by atoms with Crippen LogP contribution in [-0.2, 0) is 11.2 Å². The van der Waals surface area contributed by atoms with E-state index in [1.807, 2.05) is 24.3 Å². The van der Waals surface area contributed by atoms with Crippen LogP contribution in [0.2, 0.25) is 0 Å². The van der Waals surface area contributed by atoms with Gasteiger partial charge >= 0.3 is 0 Å². The molecule has 2 atom stereocenters. The second-order valence-electron chi connectivity index (χ2n) is 4.57. The van der Waals surface area contributed by atoms with Crippen LogP contribution in [0.4, 0.5) is 0 Å². The van der Waals surface area contributed by atoms with Gasteiger partial charge in [-0.05, 0) is 43.9 Å². The zero-order chi connectivity index (χ0) is 12.1. The number of rotatable bonds is 5. The van der Waals surface area contributed by atoms with Gasteiger partial charge in [-0.25, -0.2) is 0 Å². The molecule has 0 saturated carbocycles. The summed E-state index contributed by atoms with van der Waals surface area (Å²) in [7, 11) is 0. The Morgan fingerprint density at radius 1 is 1.29 bits per heavy atom. The first-order chi connectivity index (χ1) is 8.28. The highest BCUT2D eigenvalue weighted by atomic mass is 16.5. The van der Waals surface area contributed by atoms with Gasteiger partial charge in [0.25, 0.3) is 0 Å². The second-order valence-corrected chi connectivity index (χ2v) is 4.57. The van der Waals surface area contributed by atoms with E-state index in [1.165, 1.54) is 0 Å². The molecule has 17 heavy (non-hydrogen) atoms. The van der Waals surface area contributed by atoms with Crippen molar-refractivity contribution in [1.82, 2.24) is 0 Å². The number of aliphatic hydroxyl groups excluding tert-OH is 1. The highest BCUT2D eigenvalue weighted by molar-refractivity contribution is 5.27. The van der Waals surface area contributed by atoms with Gasteiger partial charge < -0.3 is 14.6 Å². The largest absolute Gasteiger partial charge is 0.491 e. The van der Waals surface area contributed by atoms with Crippen molar-refractivity contribution in [2.45, 2.75) is 38.4 Å². The van der Waals surface area contributed by atoms with E-state index in [1.54, 1.807) is 0 Å². The highest BCUT2D eigenvalue weighted by Crippen LogP contribution is 2.20. The maximum Gasteiger partial charge on any atom is 0.119 e. The summed E-state index contributed by atoms with van der Waals surface area (Å²) in [6.45, 7) is 2.92. The van der Waals surface area contributed by atoms with Gasteiger partial charge in [-0.2, -0.15) is 0 Å². The van der Waals surface area contributed by atoms with Crippen molar-refractivity contribution in [3.8, 4) is 5.75 Å². The Morgan fingerprint density at radius 3 is 2.65 bits per heavy atom. The summed E-state index contributed by atoms with van der Waals surface area (Å²) in [5.74, 6) is 0.870. The molecule has 0 amide bonds. The summed E-state index contributed by atoms with van der Waals surface area (Å²) in [6.07, 6.45) is 3.52. The van der Waals surface area contributed by atoms with Gasteiger partial charge in [0.15, 0.2) is 0 Å². The van der Waals surface area contributed by atoms with E-state index in [4.69, 9.17) is 14.6 Å². The molecule has 0 aromatic heterocycles. The molecule has 94 valence electrons. The molecular formula is C14H20O3. The van der Waals surface area contributed by atoms with Gasteiger partial charge in [0, 0.05) is 6.61 Å². The molecule has 2 unspecified atom stereocenters. The Bertz CT molecular complexity index is 334. The second kappa shape index (κ2) is 6.03. The molecule has 3 nitrogen and oxygen atoms in total. The van der Waals surface area contributed by atoms with E-state index in [-0.39, 0.29) is 12.7 Å². The third-order valence-electron chi connectivity index (χ3n) is 3.08. The zero-order valence-electron chi connectivity index (χ0n) is 10.3. The lowest BCUT2D eigenvalue weighted by Crippen LogP contribution is -2.17. The average Bonchev–Trinajstić information content (AvgIpc) is 2.75. The summed E-state index contributed by atoms with van der Waals surface area (Å²) in [4.78, 5) is 0. The molecular weight excluding hydrogens is 216 g/mol. The Kier molecular flexibility index (Phi) is 4.40. The smallest absolute Gasteiger partial charge is 0.119 e. The summed E-state index contributed by atoms with van der Waals surface area (Å²) >= 11 is 0. The fraction of sp³-hybridized carbons (Fsp3) is 0.571. The molecule has 1 aromatic carbocycles. The van der Waals surface area contributed by atoms with Gasteiger partial charge in [0.1, 0.15) is 12.4 Å². The van der Waals surface area contributed by atoms with Gasteiger partial charge in [0.2, 0.25) is 0 Å². The molecule has 0 spiro atoms. The number of hydrogen-bond acceptors (Lipinski definition) is 3. The van der Waals surface area contributed by atoms with Crippen molar-refractivity contribution < 1.29 is 14.6 Å². The van der Waals surface area contributed by atoms with Crippen LogP contribution in [0.1, 0.15) is 25.3 Å². The van der Waals surface area contributed by atoms with Crippen molar-refractivity contribution in [2.24, 2.45) is 0 Å². The quantitative estimate of drug-likeness (QED) is 0.851. The van der Waals surface area contributed by atoms with Gasteiger partial charge in [0.05, 0.1) is 12.2 Å². The van der Waals surface area contributed by atoms with Crippen LogP contribution in [0.5, 0.6) is 5.75 Å². The first-order valence-electron chi connectivity index (χ1n) is 6.26. The van der Waals surface area contributed by atoms with Crippen LogP contribution in [0.25, 0.3) is 0 Å². The lowest BCUT2D eigenvalue weighted by atomic mass is 10.1. The maximum absolute atomic E-state index is 8.81. The topological polar surface area (TPSA) is 38.7 Å². The molecule has 1 aliphatic heterocycles. The standard InChI is InChI=1S/C14H20O3/c1-11-2-5-14(17-11)10-16-13-6-3-12(4-7-13)8-9-15/h3-4,6-7,11,14-15H,2,5,8-10H2,1H3. The number of benzene rings is 1. The molecule has 0 radical (unpaired) electrons. The summed E-state index contributed by atoms with van der Waals surface area (Å²) < 4.78 is 11.4. The van der Waals surface area contributed by atoms with Crippen LogP contribution in [0, 0.1) is 0 Å². The van der Waals surface area contributed by atoms with Gasteiger partial charge in [-0.1, -0.05) is 12.1 Å². The molecule has 1 fully saturated rings. The minimum atomic E-state index is 0.188. The van der Waals surface area contributed by atoms with Crippen LogP contribution in [0.15, 0.2) is 24.3 Å². The van der Waals surface area contributed by atoms with Crippen molar-refractivity contribution in [1.29, 1.82) is 0 Å². The van der Waals surface area contributed by atoms with E-state index in [0.29, 0.717) is 19.1 Å².